The van der Waals surface area contributed by atoms with Crippen molar-refractivity contribution in [3.8, 4) is 0 Å². The topological polar surface area (TPSA) is 0 Å². The van der Waals surface area contributed by atoms with Crippen molar-refractivity contribution in [3.05, 3.63) is 32.6 Å². The third kappa shape index (κ3) is 1.28. The van der Waals surface area contributed by atoms with Crippen molar-refractivity contribution in [2.75, 3.05) is 0 Å². The molecule has 0 unspecified atom stereocenters. The highest BCUT2D eigenvalue weighted by molar-refractivity contribution is 14.1. The summed E-state index contributed by atoms with van der Waals surface area (Å²) in [6.45, 7) is 0. The molecule has 0 N–H and O–H groups in total. The van der Waals surface area contributed by atoms with E-state index in [-0.39, 0.29) is 5.82 Å². The minimum atomic E-state index is -0.0637. The van der Waals surface area contributed by atoms with E-state index in [0.29, 0.717) is 0 Å². The fourth-order valence-corrected chi connectivity index (χ4v) is 2.10. The molecule has 58 valence electrons. The molecule has 0 amide bonds. The Balaban J connectivity index is 2.57. The van der Waals surface area contributed by atoms with Crippen LogP contribution in [-0.4, -0.2) is 0 Å². The summed E-state index contributed by atoms with van der Waals surface area (Å²) in [6, 6.07) is 3.66. The average molecular weight is 262 g/mol. The van der Waals surface area contributed by atoms with Gasteiger partial charge in [0.25, 0.3) is 0 Å². The summed E-state index contributed by atoms with van der Waals surface area (Å²) in [5.74, 6) is -0.0637. The predicted octanol–water partition coefficient (Wildman–Crippen LogP) is 2.92. The Kier molecular flexibility index (Phi) is 1.87. The van der Waals surface area contributed by atoms with Gasteiger partial charge in [-0.3, -0.25) is 0 Å². The zero-order valence-electron chi connectivity index (χ0n) is 6.03. The lowest BCUT2D eigenvalue weighted by atomic mass is 10.1. The molecule has 0 aromatic heterocycles. The summed E-state index contributed by atoms with van der Waals surface area (Å²) in [7, 11) is 0. The number of aryl methyl sites for hydroxylation is 2. The van der Waals surface area contributed by atoms with Crippen molar-refractivity contribution in [3.63, 3.8) is 0 Å². The first kappa shape index (κ1) is 7.53. The maximum Gasteiger partial charge on any atom is 0.136 e. The molecule has 0 bridgehead atoms. The van der Waals surface area contributed by atoms with Crippen LogP contribution in [0.5, 0.6) is 0 Å². The molecule has 1 aliphatic carbocycles. The van der Waals surface area contributed by atoms with Crippen molar-refractivity contribution in [1.82, 2.24) is 0 Å². The van der Waals surface area contributed by atoms with Crippen LogP contribution in [0, 0.1) is 9.39 Å². The van der Waals surface area contributed by atoms with E-state index in [2.05, 4.69) is 0 Å². The Morgan fingerprint density at radius 1 is 1.18 bits per heavy atom. The monoisotopic (exact) mass is 262 g/mol. The second-order valence-corrected chi connectivity index (χ2v) is 4.05. The maximum absolute atomic E-state index is 13.0. The summed E-state index contributed by atoms with van der Waals surface area (Å²) in [5.41, 5.74) is 2.55. The lowest BCUT2D eigenvalue weighted by Gasteiger charge is -1.99. The van der Waals surface area contributed by atoms with Gasteiger partial charge >= 0.3 is 0 Å². The lowest BCUT2D eigenvalue weighted by molar-refractivity contribution is 0.618. The smallest absolute Gasteiger partial charge is 0.136 e. The number of benzene rings is 1. The van der Waals surface area contributed by atoms with E-state index in [4.69, 9.17) is 0 Å². The zero-order chi connectivity index (χ0) is 7.84. The Hall–Kier alpha value is -0.120. The molecule has 0 nitrogen and oxygen atoms in total. The van der Waals surface area contributed by atoms with Crippen molar-refractivity contribution < 1.29 is 4.39 Å². The van der Waals surface area contributed by atoms with Crippen LogP contribution >= 0.6 is 22.6 Å². The molecule has 0 saturated heterocycles. The summed E-state index contributed by atoms with van der Waals surface area (Å²) < 4.78 is 13.7. The molecule has 1 aromatic rings. The summed E-state index contributed by atoms with van der Waals surface area (Å²) >= 11 is 2.04. The van der Waals surface area contributed by atoms with E-state index >= 15 is 0 Å². The quantitative estimate of drug-likeness (QED) is 0.630. The third-order valence-corrected chi connectivity index (χ3v) is 2.96. The standard InChI is InChI=1S/C9H8FI/c10-8-4-6-2-1-3-7(6)5-9(8)11/h4-5H,1-3H2. The second kappa shape index (κ2) is 2.73. The molecule has 0 aliphatic heterocycles. The van der Waals surface area contributed by atoms with E-state index in [0.717, 1.165) is 16.4 Å². The zero-order valence-corrected chi connectivity index (χ0v) is 8.19. The van der Waals surface area contributed by atoms with Crippen LogP contribution in [0.4, 0.5) is 4.39 Å². The van der Waals surface area contributed by atoms with Gasteiger partial charge in [0.15, 0.2) is 0 Å². The Bertz CT molecular complexity index is 265. The van der Waals surface area contributed by atoms with Gasteiger partial charge in [0.05, 0.1) is 0 Å². The van der Waals surface area contributed by atoms with Crippen LogP contribution in [-0.2, 0) is 12.8 Å². The Morgan fingerprint density at radius 3 is 2.55 bits per heavy atom. The fourth-order valence-electron chi connectivity index (χ4n) is 1.56. The summed E-state index contributed by atoms with van der Waals surface area (Å²) in [6.07, 6.45) is 3.38. The van der Waals surface area contributed by atoms with Gasteiger partial charge in [-0.25, -0.2) is 4.39 Å². The van der Waals surface area contributed by atoms with Crippen LogP contribution in [0.15, 0.2) is 12.1 Å². The minimum Gasteiger partial charge on any atom is -0.206 e. The second-order valence-electron chi connectivity index (χ2n) is 2.89. The van der Waals surface area contributed by atoms with Gasteiger partial charge in [-0.1, -0.05) is 0 Å². The highest BCUT2D eigenvalue weighted by Gasteiger charge is 2.12. The molecule has 0 heterocycles. The molecule has 1 aromatic carbocycles. The molecular weight excluding hydrogens is 254 g/mol. The van der Waals surface area contributed by atoms with Crippen molar-refractivity contribution in [2.24, 2.45) is 0 Å². The molecule has 0 spiro atoms. The number of hydrogen-bond acceptors (Lipinski definition) is 0. The largest absolute Gasteiger partial charge is 0.206 e. The molecule has 0 fully saturated rings. The highest BCUT2D eigenvalue weighted by atomic mass is 127. The minimum absolute atomic E-state index is 0.0637. The average Bonchev–Trinajstić information content (AvgIpc) is 2.36. The van der Waals surface area contributed by atoms with Crippen LogP contribution in [0.2, 0.25) is 0 Å². The third-order valence-electron chi connectivity index (χ3n) is 2.13. The van der Waals surface area contributed by atoms with E-state index in [1.807, 2.05) is 28.7 Å². The van der Waals surface area contributed by atoms with Crippen LogP contribution < -0.4 is 0 Å². The molecule has 2 rings (SSSR count). The first-order valence-electron chi connectivity index (χ1n) is 3.74. The maximum atomic E-state index is 13.0. The molecule has 11 heavy (non-hydrogen) atoms. The molecule has 0 atom stereocenters. The first-order chi connectivity index (χ1) is 5.27. The molecule has 0 saturated carbocycles. The molecule has 1 aliphatic rings. The van der Waals surface area contributed by atoms with Crippen molar-refractivity contribution in [1.29, 1.82) is 0 Å². The Morgan fingerprint density at radius 2 is 1.82 bits per heavy atom. The van der Waals surface area contributed by atoms with E-state index in [1.54, 1.807) is 6.07 Å². The summed E-state index contributed by atoms with van der Waals surface area (Å²) in [5, 5.41) is 0. The van der Waals surface area contributed by atoms with E-state index in [1.165, 1.54) is 17.5 Å². The number of fused-ring (bicyclic) bond motifs is 1. The van der Waals surface area contributed by atoms with Crippen LogP contribution in [0.25, 0.3) is 0 Å². The number of hydrogen-bond donors (Lipinski definition) is 0. The normalized spacial score (nSPS) is 15.1. The molecule has 2 heteroatoms. The SMILES string of the molecule is Fc1cc2c(cc1I)CCC2. The lowest BCUT2D eigenvalue weighted by Crippen LogP contribution is -1.88. The molecular formula is C9H8FI. The van der Waals surface area contributed by atoms with Gasteiger partial charge in [-0.2, -0.15) is 0 Å². The number of rotatable bonds is 0. The van der Waals surface area contributed by atoms with Crippen LogP contribution in [0.1, 0.15) is 17.5 Å². The summed E-state index contributed by atoms with van der Waals surface area (Å²) in [4.78, 5) is 0. The molecule has 0 radical (unpaired) electrons. The highest BCUT2D eigenvalue weighted by Crippen LogP contribution is 2.25. The van der Waals surface area contributed by atoms with Gasteiger partial charge in [0.1, 0.15) is 5.82 Å². The number of halogens is 2. The Labute approximate surface area is 78.9 Å². The van der Waals surface area contributed by atoms with Crippen molar-refractivity contribution >= 4 is 22.6 Å². The van der Waals surface area contributed by atoms with E-state index < -0.39 is 0 Å². The van der Waals surface area contributed by atoms with Gasteiger partial charge in [-0.05, 0) is 65.1 Å². The first-order valence-corrected chi connectivity index (χ1v) is 4.82. The van der Waals surface area contributed by atoms with Crippen LogP contribution in [0.3, 0.4) is 0 Å². The predicted molar refractivity (Wildman–Crippen MR) is 51.1 cm³/mol. The van der Waals surface area contributed by atoms with Crippen molar-refractivity contribution in [2.45, 2.75) is 19.3 Å². The fraction of sp³-hybridized carbons (Fsp3) is 0.333. The van der Waals surface area contributed by atoms with Gasteiger partial charge < -0.3 is 0 Å². The van der Waals surface area contributed by atoms with Gasteiger partial charge in [0, 0.05) is 3.57 Å². The van der Waals surface area contributed by atoms with Gasteiger partial charge in [-0.15, -0.1) is 0 Å². The van der Waals surface area contributed by atoms with E-state index in [9.17, 15) is 4.39 Å². The van der Waals surface area contributed by atoms with Gasteiger partial charge in [0.2, 0.25) is 0 Å².